The fourth-order valence-corrected chi connectivity index (χ4v) is 3.16. The molecule has 114 valence electrons. The van der Waals surface area contributed by atoms with Crippen molar-refractivity contribution in [1.82, 2.24) is 20.1 Å². The third-order valence-corrected chi connectivity index (χ3v) is 4.04. The Morgan fingerprint density at radius 2 is 2.00 bits per heavy atom. The van der Waals surface area contributed by atoms with Gasteiger partial charge in [0.25, 0.3) is 0 Å². The van der Waals surface area contributed by atoms with Gasteiger partial charge in [-0.15, -0.1) is 10.2 Å². The molecular weight excluding hydrogens is 252 g/mol. The molecular formula is C15H28N4O. The zero-order valence-electron chi connectivity index (χ0n) is 13.7. The maximum atomic E-state index is 6.11. The van der Waals surface area contributed by atoms with Gasteiger partial charge >= 0.3 is 0 Å². The molecule has 1 aliphatic rings. The fourth-order valence-electron chi connectivity index (χ4n) is 3.16. The van der Waals surface area contributed by atoms with Crippen molar-refractivity contribution in [2.45, 2.75) is 84.7 Å². The summed E-state index contributed by atoms with van der Waals surface area (Å²) in [5, 5.41) is 12.1. The Kier molecular flexibility index (Phi) is 4.21. The van der Waals surface area contributed by atoms with Gasteiger partial charge in [-0.1, -0.05) is 6.92 Å². The van der Waals surface area contributed by atoms with Crippen LogP contribution in [-0.2, 0) is 17.8 Å². The van der Waals surface area contributed by atoms with E-state index in [9.17, 15) is 0 Å². The largest absolute Gasteiger partial charge is 0.368 e. The van der Waals surface area contributed by atoms with Crippen LogP contribution < -0.4 is 5.32 Å². The van der Waals surface area contributed by atoms with Crippen LogP contribution >= 0.6 is 0 Å². The fraction of sp³-hybridized carbons (Fsp3) is 0.867. The highest BCUT2D eigenvalue weighted by atomic mass is 16.5. The van der Waals surface area contributed by atoms with E-state index in [1.165, 1.54) is 0 Å². The molecule has 0 aliphatic carbocycles. The molecule has 0 spiro atoms. The zero-order valence-corrected chi connectivity index (χ0v) is 13.7. The number of hydrogen-bond acceptors (Lipinski definition) is 4. The summed E-state index contributed by atoms with van der Waals surface area (Å²) in [6.07, 6.45) is 2.11. The summed E-state index contributed by atoms with van der Waals surface area (Å²) >= 11 is 0. The van der Waals surface area contributed by atoms with Crippen LogP contribution in [0.4, 0.5) is 0 Å². The normalized spacial score (nSPS) is 24.2. The second kappa shape index (κ2) is 5.45. The molecule has 0 saturated carbocycles. The van der Waals surface area contributed by atoms with E-state index in [1.54, 1.807) is 0 Å². The van der Waals surface area contributed by atoms with Crippen LogP contribution in [0.25, 0.3) is 0 Å². The van der Waals surface area contributed by atoms with Crippen molar-refractivity contribution < 1.29 is 4.74 Å². The van der Waals surface area contributed by atoms with E-state index < -0.39 is 0 Å². The van der Waals surface area contributed by atoms with Gasteiger partial charge in [-0.2, -0.15) is 0 Å². The first-order valence-corrected chi connectivity index (χ1v) is 7.57. The molecule has 1 aromatic heterocycles. The van der Waals surface area contributed by atoms with Crippen LogP contribution in [0.15, 0.2) is 0 Å². The lowest BCUT2D eigenvalue weighted by Gasteiger charge is -2.27. The van der Waals surface area contributed by atoms with Gasteiger partial charge in [0.2, 0.25) is 0 Å². The maximum absolute atomic E-state index is 6.11. The van der Waals surface area contributed by atoms with E-state index in [1.807, 2.05) is 6.92 Å². The lowest BCUT2D eigenvalue weighted by molar-refractivity contribution is -0.0699. The van der Waals surface area contributed by atoms with E-state index >= 15 is 0 Å². The second-order valence-electron chi connectivity index (χ2n) is 6.92. The molecule has 2 rings (SSSR count). The van der Waals surface area contributed by atoms with Crippen molar-refractivity contribution in [1.29, 1.82) is 0 Å². The van der Waals surface area contributed by atoms with Crippen molar-refractivity contribution in [2.24, 2.45) is 0 Å². The number of nitrogens with one attached hydrogen (secondary N) is 1. The number of rotatable bonds is 5. The Bertz CT molecular complexity index is 464. The average Bonchev–Trinajstić information content (AvgIpc) is 2.75. The van der Waals surface area contributed by atoms with Crippen LogP contribution in [-0.4, -0.2) is 32.0 Å². The molecule has 0 unspecified atom stereocenters. The van der Waals surface area contributed by atoms with Gasteiger partial charge in [0.15, 0.2) is 0 Å². The SMILES string of the molecule is CCCn1c(C)nnc1CN[C@H]1CC(C)(C)OC1(C)C. The van der Waals surface area contributed by atoms with Gasteiger partial charge < -0.3 is 14.6 Å². The standard InChI is InChI=1S/C15H28N4O/c1-7-8-19-11(2)17-18-13(19)10-16-12-9-14(3,4)20-15(12,5)6/h12,16H,7-10H2,1-6H3/t12-/m0/s1. The molecule has 1 aliphatic heterocycles. The minimum absolute atomic E-state index is 0.0613. The van der Waals surface area contributed by atoms with Gasteiger partial charge in [-0.3, -0.25) is 0 Å². The summed E-state index contributed by atoms with van der Waals surface area (Å²) in [5.74, 6) is 2.01. The minimum Gasteiger partial charge on any atom is -0.368 e. The van der Waals surface area contributed by atoms with Gasteiger partial charge in [0, 0.05) is 12.6 Å². The van der Waals surface area contributed by atoms with Gasteiger partial charge in [-0.25, -0.2) is 0 Å². The quantitative estimate of drug-likeness (QED) is 0.900. The molecule has 1 fully saturated rings. The van der Waals surface area contributed by atoms with Crippen molar-refractivity contribution in [2.75, 3.05) is 0 Å². The summed E-state index contributed by atoms with van der Waals surface area (Å²) < 4.78 is 8.31. The number of nitrogens with zero attached hydrogens (tertiary/aromatic N) is 3. The van der Waals surface area contributed by atoms with E-state index in [-0.39, 0.29) is 11.2 Å². The highest BCUT2D eigenvalue weighted by molar-refractivity contribution is 5.01. The number of aromatic nitrogens is 3. The van der Waals surface area contributed by atoms with Crippen LogP contribution in [0.2, 0.25) is 0 Å². The van der Waals surface area contributed by atoms with E-state index in [4.69, 9.17) is 4.74 Å². The minimum atomic E-state index is -0.145. The molecule has 2 heterocycles. The first-order chi connectivity index (χ1) is 9.25. The monoisotopic (exact) mass is 280 g/mol. The summed E-state index contributed by atoms with van der Waals surface area (Å²) in [5.41, 5.74) is -0.206. The molecule has 5 nitrogen and oxygen atoms in total. The maximum Gasteiger partial charge on any atom is 0.147 e. The van der Waals surface area contributed by atoms with Crippen molar-refractivity contribution in [3.05, 3.63) is 11.6 Å². The summed E-state index contributed by atoms with van der Waals surface area (Å²) in [6.45, 7) is 14.5. The highest BCUT2D eigenvalue weighted by Gasteiger charge is 2.45. The van der Waals surface area contributed by atoms with Crippen molar-refractivity contribution in [3.8, 4) is 0 Å². The van der Waals surface area contributed by atoms with Crippen LogP contribution in [0, 0.1) is 6.92 Å². The first-order valence-electron chi connectivity index (χ1n) is 7.57. The summed E-state index contributed by atoms with van der Waals surface area (Å²) in [7, 11) is 0. The molecule has 0 bridgehead atoms. The van der Waals surface area contributed by atoms with E-state index in [2.05, 4.69) is 54.7 Å². The molecule has 1 aromatic rings. The first kappa shape index (κ1) is 15.4. The van der Waals surface area contributed by atoms with Crippen molar-refractivity contribution in [3.63, 3.8) is 0 Å². The topological polar surface area (TPSA) is 52.0 Å². The third-order valence-electron chi connectivity index (χ3n) is 4.04. The lowest BCUT2D eigenvalue weighted by atomic mass is 9.94. The van der Waals surface area contributed by atoms with Crippen LogP contribution in [0.3, 0.4) is 0 Å². The predicted octanol–water partition coefficient (Wildman–Crippen LogP) is 2.43. The molecule has 0 radical (unpaired) electrons. The van der Waals surface area contributed by atoms with Gasteiger partial charge in [-0.05, 0) is 47.5 Å². The Balaban J connectivity index is 2.02. The number of aryl methyl sites for hydroxylation is 1. The number of hydrogen-bond donors (Lipinski definition) is 1. The summed E-state index contributed by atoms with van der Waals surface area (Å²) in [6, 6.07) is 0.338. The molecule has 1 atom stereocenters. The summed E-state index contributed by atoms with van der Waals surface area (Å²) in [4.78, 5) is 0. The van der Waals surface area contributed by atoms with Crippen LogP contribution in [0.5, 0.6) is 0 Å². The van der Waals surface area contributed by atoms with Crippen LogP contribution in [0.1, 0.15) is 59.1 Å². The number of ether oxygens (including phenoxy) is 1. The Morgan fingerprint density at radius 1 is 1.30 bits per heavy atom. The third kappa shape index (κ3) is 3.20. The molecule has 0 aromatic carbocycles. The molecule has 20 heavy (non-hydrogen) atoms. The Labute approximate surface area is 122 Å². The Hall–Kier alpha value is -0.940. The molecule has 0 amide bonds. The molecule has 5 heteroatoms. The average molecular weight is 280 g/mol. The highest BCUT2D eigenvalue weighted by Crippen LogP contribution is 2.37. The second-order valence-corrected chi connectivity index (χ2v) is 6.92. The van der Waals surface area contributed by atoms with Gasteiger partial charge in [0.1, 0.15) is 11.6 Å². The smallest absolute Gasteiger partial charge is 0.147 e. The molecule has 1 N–H and O–H groups in total. The van der Waals surface area contributed by atoms with Gasteiger partial charge in [0.05, 0.1) is 17.7 Å². The van der Waals surface area contributed by atoms with E-state index in [0.29, 0.717) is 6.04 Å². The lowest BCUT2D eigenvalue weighted by Crippen LogP contribution is -2.43. The predicted molar refractivity (Wildman–Crippen MR) is 79.5 cm³/mol. The zero-order chi connectivity index (χ0) is 15.0. The molecule has 1 saturated heterocycles. The van der Waals surface area contributed by atoms with Crippen molar-refractivity contribution >= 4 is 0 Å². The van der Waals surface area contributed by atoms with E-state index in [0.717, 1.165) is 37.6 Å². The Morgan fingerprint density at radius 3 is 2.55 bits per heavy atom.